The highest BCUT2D eigenvalue weighted by Gasteiger charge is 2.43. The highest BCUT2D eigenvalue weighted by Crippen LogP contribution is 2.51. The van der Waals surface area contributed by atoms with Crippen molar-refractivity contribution in [1.29, 1.82) is 0 Å². The molecule has 6 nitrogen and oxygen atoms in total. The number of rotatable bonds is 6. The molecule has 0 radical (unpaired) electrons. The van der Waals surface area contributed by atoms with Crippen molar-refractivity contribution in [1.82, 2.24) is 0 Å². The quantitative estimate of drug-likeness (QED) is 0.241. The number of nitrogens with zero attached hydrogens (tertiary/aromatic N) is 1. The minimum atomic E-state index is -0.650. The van der Waals surface area contributed by atoms with Crippen LogP contribution in [0.2, 0.25) is 10.0 Å². The third-order valence-corrected chi connectivity index (χ3v) is 6.28. The molecule has 1 aliphatic heterocycles. The Morgan fingerprint density at radius 3 is 2.55 bits per heavy atom. The minimum Gasteiger partial charge on any atom is -0.497 e. The van der Waals surface area contributed by atoms with E-state index in [4.69, 9.17) is 42.3 Å². The summed E-state index contributed by atoms with van der Waals surface area (Å²) in [6.45, 7) is 0.231. The molecule has 2 aliphatic rings. The zero-order valence-electron chi connectivity index (χ0n) is 17.6. The molecule has 0 spiro atoms. The van der Waals surface area contributed by atoms with E-state index in [1.54, 1.807) is 13.2 Å². The molecular weight excluding hydrogens is 465 g/mol. The van der Waals surface area contributed by atoms with Crippen molar-refractivity contribution < 1.29 is 23.8 Å². The molecule has 1 saturated carbocycles. The number of oxime groups is 1. The molecule has 33 heavy (non-hydrogen) atoms. The molecule has 2 atom stereocenters. The third-order valence-electron chi connectivity index (χ3n) is 5.73. The minimum absolute atomic E-state index is 0.0762. The molecule has 0 aromatic heterocycles. The molecule has 8 heteroatoms. The molecule has 3 aromatic rings. The van der Waals surface area contributed by atoms with E-state index in [2.05, 4.69) is 5.16 Å². The summed E-state index contributed by atoms with van der Waals surface area (Å²) < 4.78 is 16.2. The first-order valence-electron chi connectivity index (χ1n) is 10.3. The Balaban J connectivity index is 1.41. The summed E-state index contributed by atoms with van der Waals surface area (Å²) in [6, 6.07) is 18.0. The Hall–Kier alpha value is -3.22. The standard InChI is InChI=1S/C25H19Cl2NO5/c1-30-17-6-2-14(3-7-17)24(28-33-25(29)18-8-5-16(26)11-21(18)27)20-12-19(20)15-4-9-22-23(10-15)32-13-31-22/h2-11,19-20H,12-13H2,1H3/b28-24+. The summed E-state index contributed by atoms with van der Waals surface area (Å²) in [6.07, 6.45) is 0.865. The van der Waals surface area contributed by atoms with Crippen molar-refractivity contribution in [3.63, 3.8) is 0 Å². The molecular formula is C25H19Cl2NO5. The van der Waals surface area contributed by atoms with Crippen LogP contribution in [0.1, 0.15) is 33.8 Å². The molecule has 168 valence electrons. The fourth-order valence-electron chi connectivity index (χ4n) is 3.90. The van der Waals surface area contributed by atoms with Crippen LogP contribution in [0.5, 0.6) is 17.2 Å². The number of ether oxygens (including phenoxy) is 3. The van der Waals surface area contributed by atoms with Crippen LogP contribution in [-0.4, -0.2) is 25.6 Å². The van der Waals surface area contributed by atoms with Crippen molar-refractivity contribution in [3.05, 3.63) is 87.4 Å². The first kappa shape index (κ1) is 21.6. The van der Waals surface area contributed by atoms with Crippen molar-refractivity contribution in [3.8, 4) is 17.2 Å². The number of hydrogen-bond acceptors (Lipinski definition) is 6. The van der Waals surface area contributed by atoms with Crippen molar-refractivity contribution in [2.24, 2.45) is 11.1 Å². The van der Waals surface area contributed by atoms with Crippen LogP contribution in [-0.2, 0) is 4.84 Å². The van der Waals surface area contributed by atoms with Gasteiger partial charge in [-0.05, 0) is 78.1 Å². The normalized spacial score (nSPS) is 18.7. The lowest BCUT2D eigenvalue weighted by atomic mass is 10.0. The van der Waals surface area contributed by atoms with Gasteiger partial charge in [-0.2, -0.15) is 0 Å². The number of halogens is 2. The molecule has 0 bridgehead atoms. The maximum absolute atomic E-state index is 12.6. The van der Waals surface area contributed by atoms with Crippen LogP contribution in [0.25, 0.3) is 0 Å². The largest absolute Gasteiger partial charge is 0.497 e. The lowest BCUT2D eigenvalue weighted by Gasteiger charge is -2.09. The number of fused-ring (bicyclic) bond motifs is 1. The first-order chi connectivity index (χ1) is 16.0. The topological polar surface area (TPSA) is 66.4 Å². The average molecular weight is 484 g/mol. The van der Waals surface area contributed by atoms with Gasteiger partial charge in [-0.15, -0.1) is 0 Å². The molecule has 1 heterocycles. The van der Waals surface area contributed by atoms with Gasteiger partial charge in [0, 0.05) is 10.9 Å². The van der Waals surface area contributed by atoms with Gasteiger partial charge in [-0.1, -0.05) is 34.4 Å². The number of methoxy groups -OCH3 is 1. The SMILES string of the molecule is COc1ccc(/C(=N\OC(=O)c2ccc(Cl)cc2Cl)C2CC2c2ccc3c(c2)OCO3)cc1. The van der Waals surface area contributed by atoms with E-state index in [1.165, 1.54) is 12.1 Å². The lowest BCUT2D eigenvalue weighted by molar-refractivity contribution is 0.0515. The molecule has 0 N–H and O–H groups in total. The second-order valence-corrected chi connectivity index (χ2v) is 8.61. The van der Waals surface area contributed by atoms with E-state index in [1.807, 2.05) is 42.5 Å². The van der Waals surface area contributed by atoms with Gasteiger partial charge in [0.15, 0.2) is 11.5 Å². The smallest absolute Gasteiger partial charge is 0.367 e. The number of carbonyl (C=O) groups excluding carboxylic acids is 1. The molecule has 3 aromatic carbocycles. The van der Waals surface area contributed by atoms with E-state index < -0.39 is 5.97 Å². The van der Waals surface area contributed by atoms with E-state index >= 15 is 0 Å². The van der Waals surface area contributed by atoms with Crippen molar-refractivity contribution >= 4 is 34.9 Å². The predicted octanol–water partition coefficient (Wildman–Crippen LogP) is 6.10. The van der Waals surface area contributed by atoms with Gasteiger partial charge in [0.2, 0.25) is 6.79 Å². The van der Waals surface area contributed by atoms with Gasteiger partial charge < -0.3 is 19.0 Å². The summed E-state index contributed by atoms with van der Waals surface area (Å²) in [7, 11) is 1.61. The zero-order valence-corrected chi connectivity index (χ0v) is 19.1. The molecule has 0 saturated heterocycles. The Morgan fingerprint density at radius 1 is 1.00 bits per heavy atom. The zero-order chi connectivity index (χ0) is 22.9. The second kappa shape index (κ2) is 8.96. The summed E-state index contributed by atoms with van der Waals surface area (Å²) in [5, 5.41) is 4.92. The van der Waals surface area contributed by atoms with E-state index in [0.717, 1.165) is 34.8 Å². The van der Waals surface area contributed by atoms with Gasteiger partial charge in [0.05, 0.1) is 23.4 Å². The summed E-state index contributed by atoms with van der Waals surface area (Å²) in [5.41, 5.74) is 2.84. The number of carbonyl (C=O) groups is 1. The second-order valence-electron chi connectivity index (χ2n) is 7.77. The molecule has 1 fully saturated rings. The Morgan fingerprint density at radius 2 is 1.79 bits per heavy atom. The Kier molecular flexibility index (Phi) is 5.87. The molecule has 0 amide bonds. The fraction of sp³-hybridized carbons (Fsp3) is 0.200. The van der Waals surface area contributed by atoms with E-state index in [9.17, 15) is 4.79 Å². The van der Waals surface area contributed by atoms with Crippen LogP contribution in [0.4, 0.5) is 0 Å². The number of benzene rings is 3. The molecule has 2 unspecified atom stereocenters. The van der Waals surface area contributed by atoms with Crippen LogP contribution in [0.3, 0.4) is 0 Å². The van der Waals surface area contributed by atoms with Gasteiger partial charge in [-0.3, -0.25) is 0 Å². The lowest BCUT2D eigenvalue weighted by Crippen LogP contribution is -2.10. The van der Waals surface area contributed by atoms with Crippen molar-refractivity contribution in [2.45, 2.75) is 12.3 Å². The maximum Gasteiger partial charge on any atom is 0.367 e. The Labute approximate surface area is 200 Å². The monoisotopic (exact) mass is 483 g/mol. The van der Waals surface area contributed by atoms with Gasteiger partial charge in [0.25, 0.3) is 0 Å². The van der Waals surface area contributed by atoms with Crippen LogP contribution < -0.4 is 14.2 Å². The Bertz CT molecular complexity index is 1240. The third kappa shape index (κ3) is 4.49. The molecule has 1 aliphatic carbocycles. The van der Waals surface area contributed by atoms with Crippen molar-refractivity contribution in [2.75, 3.05) is 13.9 Å². The average Bonchev–Trinajstić information content (AvgIpc) is 3.46. The maximum atomic E-state index is 12.6. The summed E-state index contributed by atoms with van der Waals surface area (Å²) in [5.74, 6) is 1.86. The summed E-state index contributed by atoms with van der Waals surface area (Å²) >= 11 is 12.1. The highest BCUT2D eigenvalue weighted by atomic mass is 35.5. The van der Waals surface area contributed by atoms with Crippen LogP contribution >= 0.6 is 23.2 Å². The highest BCUT2D eigenvalue weighted by molar-refractivity contribution is 6.36. The predicted molar refractivity (Wildman–Crippen MR) is 125 cm³/mol. The first-order valence-corrected chi connectivity index (χ1v) is 11.1. The van der Waals surface area contributed by atoms with Gasteiger partial charge >= 0.3 is 5.97 Å². The van der Waals surface area contributed by atoms with E-state index in [0.29, 0.717) is 10.7 Å². The number of hydrogen-bond donors (Lipinski definition) is 0. The summed E-state index contributed by atoms with van der Waals surface area (Å²) in [4.78, 5) is 18.0. The fourth-order valence-corrected chi connectivity index (χ4v) is 4.39. The molecule has 5 rings (SSSR count). The van der Waals surface area contributed by atoms with E-state index in [-0.39, 0.29) is 29.2 Å². The van der Waals surface area contributed by atoms with Crippen LogP contribution in [0, 0.1) is 5.92 Å². The van der Waals surface area contributed by atoms with Gasteiger partial charge in [-0.25, -0.2) is 4.79 Å². The van der Waals surface area contributed by atoms with Crippen LogP contribution in [0.15, 0.2) is 65.8 Å². The van der Waals surface area contributed by atoms with Gasteiger partial charge in [0.1, 0.15) is 5.75 Å².